The Balaban J connectivity index is 1.36. The van der Waals surface area contributed by atoms with Gasteiger partial charge in [0.1, 0.15) is 11.6 Å². The Morgan fingerprint density at radius 3 is 1.83 bits per heavy atom. The van der Waals surface area contributed by atoms with Gasteiger partial charge in [-0.3, -0.25) is 9.59 Å². The molecule has 2 aliphatic rings. The molecule has 2 heteroatoms. The van der Waals surface area contributed by atoms with Crippen LogP contribution < -0.4 is 0 Å². The minimum atomic E-state index is -0.349. The monoisotopic (exact) mass is 494 g/mol. The van der Waals surface area contributed by atoms with Gasteiger partial charge in [-0.25, -0.2) is 0 Å². The van der Waals surface area contributed by atoms with Gasteiger partial charge in [-0.2, -0.15) is 0 Å². The number of benzene rings is 1. The number of ketones is 2. The predicted molar refractivity (Wildman–Crippen MR) is 152 cm³/mol. The zero-order valence-corrected chi connectivity index (χ0v) is 23.6. The van der Waals surface area contributed by atoms with E-state index >= 15 is 0 Å². The van der Waals surface area contributed by atoms with E-state index in [1.54, 1.807) is 0 Å². The molecule has 2 aliphatic carbocycles. The average Bonchev–Trinajstić information content (AvgIpc) is 2.89. The van der Waals surface area contributed by atoms with Gasteiger partial charge in [0, 0.05) is 12.8 Å². The summed E-state index contributed by atoms with van der Waals surface area (Å²) >= 11 is 0. The fraction of sp³-hybridized carbons (Fsp3) is 0.765. The molecule has 0 bridgehead atoms. The number of rotatable bonds is 16. The third kappa shape index (κ3) is 9.79. The van der Waals surface area contributed by atoms with Crippen LogP contribution in [-0.2, 0) is 16.0 Å². The van der Waals surface area contributed by atoms with Crippen molar-refractivity contribution in [3.8, 4) is 0 Å². The standard InChI is InChI=1S/C34H54O2/c1-3-5-7-9-11-13-27-15-20-30(21-16-27)31-22-17-29(18-23-31)26-34(36)32-24-19-28(25-33(32)35)14-12-10-8-6-4-2/h17-18,22-23,27-28,30,32H,3-16,19-21,24-26H2,1-2H3. The Labute approximate surface area is 222 Å². The van der Waals surface area contributed by atoms with Crippen molar-refractivity contribution >= 4 is 11.6 Å². The minimum absolute atomic E-state index is 0.147. The molecule has 0 aromatic heterocycles. The van der Waals surface area contributed by atoms with Crippen molar-refractivity contribution in [3.63, 3.8) is 0 Å². The van der Waals surface area contributed by atoms with Crippen LogP contribution in [0.25, 0.3) is 0 Å². The van der Waals surface area contributed by atoms with E-state index < -0.39 is 0 Å². The van der Waals surface area contributed by atoms with E-state index in [-0.39, 0.29) is 17.5 Å². The fourth-order valence-corrected chi connectivity index (χ4v) is 6.77. The summed E-state index contributed by atoms with van der Waals surface area (Å²) in [6, 6.07) is 8.82. The van der Waals surface area contributed by atoms with Crippen LogP contribution >= 0.6 is 0 Å². The topological polar surface area (TPSA) is 34.1 Å². The molecular formula is C34H54O2. The van der Waals surface area contributed by atoms with Crippen molar-refractivity contribution < 1.29 is 9.59 Å². The highest BCUT2D eigenvalue weighted by atomic mass is 16.1. The number of hydrogen-bond acceptors (Lipinski definition) is 2. The maximum Gasteiger partial charge on any atom is 0.147 e. The number of hydrogen-bond donors (Lipinski definition) is 0. The lowest BCUT2D eigenvalue weighted by Gasteiger charge is -2.29. The van der Waals surface area contributed by atoms with Crippen LogP contribution in [0.5, 0.6) is 0 Å². The molecule has 1 aromatic carbocycles. The fourth-order valence-electron chi connectivity index (χ4n) is 6.77. The van der Waals surface area contributed by atoms with Crippen LogP contribution in [0, 0.1) is 17.8 Å². The number of carbonyl (C=O) groups excluding carboxylic acids is 2. The first-order valence-electron chi connectivity index (χ1n) is 15.7. The Bertz CT molecular complexity index is 756. The normalized spacial score (nSPS) is 24.7. The number of unbranched alkanes of at least 4 members (excludes halogenated alkanes) is 8. The van der Waals surface area contributed by atoms with Gasteiger partial charge in [0.15, 0.2) is 0 Å². The first-order valence-corrected chi connectivity index (χ1v) is 15.7. The Morgan fingerprint density at radius 1 is 0.694 bits per heavy atom. The molecule has 0 heterocycles. The first kappa shape index (κ1) is 29.1. The Kier molecular flexibility index (Phi) is 13.3. The highest BCUT2D eigenvalue weighted by Crippen LogP contribution is 2.38. The molecule has 2 saturated carbocycles. The summed E-state index contributed by atoms with van der Waals surface area (Å²) in [6.45, 7) is 4.53. The van der Waals surface area contributed by atoms with Crippen LogP contribution in [0.1, 0.15) is 153 Å². The van der Waals surface area contributed by atoms with E-state index in [0.29, 0.717) is 24.7 Å². The third-order valence-electron chi connectivity index (χ3n) is 9.24. The van der Waals surface area contributed by atoms with Crippen LogP contribution in [0.4, 0.5) is 0 Å². The van der Waals surface area contributed by atoms with Crippen LogP contribution in [-0.4, -0.2) is 11.6 Å². The molecule has 3 rings (SSSR count). The summed E-state index contributed by atoms with van der Waals surface area (Å²) in [5, 5.41) is 0. The van der Waals surface area contributed by atoms with Gasteiger partial charge in [-0.15, -0.1) is 0 Å². The maximum absolute atomic E-state index is 13.0. The summed E-state index contributed by atoms with van der Waals surface area (Å²) in [4.78, 5) is 25.7. The molecule has 0 spiro atoms. The van der Waals surface area contributed by atoms with E-state index in [1.807, 2.05) is 0 Å². The largest absolute Gasteiger partial charge is 0.299 e. The molecule has 2 atom stereocenters. The van der Waals surface area contributed by atoms with Crippen molar-refractivity contribution in [2.45, 2.75) is 148 Å². The summed E-state index contributed by atoms with van der Waals surface area (Å²) < 4.78 is 0. The Morgan fingerprint density at radius 2 is 1.25 bits per heavy atom. The summed E-state index contributed by atoms with van der Waals surface area (Å²) in [5.74, 6) is 2.15. The second-order valence-corrected chi connectivity index (χ2v) is 12.2. The zero-order valence-electron chi connectivity index (χ0n) is 23.6. The van der Waals surface area contributed by atoms with Gasteiger partial charge in [-0.1, -0.05) is 115 Å². The number of carbonyl (C=O) groups is 2. The van der Waals surface area contributed by atoms with Crippen molar-refractivity contribution in [2.24, 2.45) is 17.8 Å². The molecule has 0 aliphatic heterocycles. The molecule has 2 fully saturated rings. The lowest BCUT2D eigenvalue weighted by molar-refractivity contribution is -0.135. The van der Waals surface area contributed by atoms with Crippen molar-refractivity contribution in [1.29, 1.82) is 0 Å². The van der Waals surface area contributed by atoms with Gasteiger partial charge >= 0.3 is 0 Å². The van der Waals surface area contributed by atoms with Gasteiger partial charge in [0.2, 0.25) is 0 Å². The second-order valence-electron chi connectivity index (χ2n) is 12.2. The molecule has 36 heavy (non-hydrogen) atoms. The van der Waals surface area contributed by atoms with Gasteiger partial charge in [0.05, 0.1) is 5.92 Å². The van der Waals surface area contributed by atoms with Gasteiger partial charge < -0.3 is 0 Å². The molecular weight excluding hydrogens is 440 g/mol. The van der Waals surface area contributed by atoms with E-state index in [9.17, 15) is 9.59 Å². The van der Waals surface area contributed by atoms with Gasteiger partial charge in [-0.05, 0) is 67.4 Å². The molecule has 1 aromatic rings. The summed E-state index contributed by atoms with van der Waals surface area (Å²) in [6.07, 6.45) is 24.3. The molecule has 0 amide bonds. The van der Waals surface area contributed by atoms with E-state index in [1.165, 1.54) is 108 Å². The first-order chi connectivity index (χ1) is 17.6. The lowest BCUT2D eigenvalue weighted by Crippen LogP contribution is -2.32. The second kappa shape index (κ2) is 16.4. The van der Waals surface area contributed by atoms with Gasteiger partial charge in [0.25, 0.3) is 0 Å². The van der Waals surface area contributed by atoms with Crippen LogP contribution in [0.15, 0.2) is 24.3 Å². The number of Topliss-reactive ketones (excluding diaryl/α,β-unsaturated/α-hetero) is 2. The van der Waals surface area contributed by atoms with E-state index in [2.05, 4.69) is 38.1 Å². The molecule has 2 nitrogen and oxygen atoms in total. The highest BCUT2D eigenvalue weighted by molar-refractivity contribution is 6.03. The van der Waals surface area contributed by atoms with Crippen LogP contribution in [0.2, 0.25) is 0 Å². The Hall–Kier alpha value is -1.44. The maximum atomic E-state index is 13.0. The van der Waals surface area contributed by atoms with E-state index in [0.717, 1.165) is 24.3 Å². The van der Waals surface area contributed by atoms with Crippen molar-refractivity contribution in [3.05, 3.63) is 35.4 Å². The molecule has 0 radical (unpaired) electrons. The summed E-state index contributed by atoms with van der Waals surface area (Å²) in [5.41, 5.74) is 2.53. The van der Waals surface area contributed by atoms with Crippen molar-refractivity contribution in [1.82, 2.24) is 0 Å². The molecule has 0 N–H and O–H groups in total. The highest BCUT2D eigenvalue weighted by Gasteiger charge is 2.33. The third-order valence-corrected chi connectivity index (χ3v) is 9.24. The van der Waals surface area contributed by atoms with E-state index in [4.69, 9.17) is 0 Å². The lowest BCUT2D eigenvalue weighted by atomic mass is 9.76. The quantitative estimate of drug-likeness (QED) is 0.169. The zero-order chi connectivity index (χ0) is 25.6. The van der Waals surface area contributed by atoms with Crippen LogP contribution in [0.3, 0.4) is 0 Å². The van der Waals surface area contributed by atoms with Crippen molar-refractivity contribution in [2.75, 3.05) is 0 Å². The minimum Gasteiger partial charge on any atom is -0.299 e. The average molecular weight is 495 g/mol. The predicted octanol–water partition coefficient (Wildman–Crippen LogP) is 9.78. The molecule has 2 unspecified atom stereocenters. The SMILES string of the molecule is CCCCCCCC1CCC(c2ccc(CC(=O)C3CCC(CCCCCCC)CC3=O)cc2)CC1. The molecule has 202 valence electrons. The smallest absolute Gasteiger partial charge is 0.147 e. The summed E-state index contributed by atoms with van der Waals surface area (Å²) in [7, 11) is 0. The molecule has 0 saturated heterocycles.